The van der Waals surface area contributed by atoms with Crippen LogP contribution >= 0.6 is 9.24 Å². The summed E-state index contributed by atoms with van der Waals surface area (Å²) in [4.78, 5) is 0. The van der Waals surface area contributed by atoms with Gasteiger partial charge < -0.3 is 9.84 Å². The molecule has 0 heterocycles. The lowest BCUT2D eigenvalue weighted by Gasteiger charge is -2.34. The van der Waals surface area contributed by atoms with Crippen LogP contribution in [-0.2, 0) is 17.3 Å². The third kappa shape index (κ3) is 17.1. The van der Waals surface area contributed by atoms with Gasteiger partial charge in [0, 0.05) is 12.5 Å². The molecule has 9 atom stereocenters. The summed E-state index contributed by atoms with van der Waals surface area (Å²) in [5.41, 5.74) is 11.2. The minimum absolute atomic E-state index is 0.243. The number of aliphatic hydroxyl groups excluding tert-OH is 1. The first kappa shape index (κ1) is 57.5. The van der Waals surface area contributed by atoms with Crippen molar-refractivity contribution in [2.24, 2.45) is 35.5 Å². The summed E-state index contributed by atoms with van der Waals surface area (Å²) in [7, 11) is 2.75. The maximum Gasteiger partial charge on any atom is 0.0612 e. The molecular weight excluding hydrogens is 880 g/mol. The van der Waals surface area contributed by atoms with E-state index in [0.717, 1.165) is 48.1 Å². The van der Waals surface area contributed by atoms with E-state index >= 15 is 0 Å². The van der Waals surface area contributed by atoms with Crippen molar-refractivity contribution in [2.75, 3.05) is 6.61 Å². The van der Waals surface area contributed by atoms with Gasteiger partial charge in [-0.25, -0.2) is 0 Å². The van der Waals surface area contributed by atoms with Gasteiger partial charge in [0.2, 0.25) is 0 Å². The van der Waals surface area contributed by atoms with Gasteiger partial charge in [0.25, 0.3) is 0 Å². The average Bonchev–Trinajstić information content (AvgIpc) is 4.22. The molecule has 9 unspecified atom stereocenters. The van der Waals surface area contributed by atoms with Gasteiger partial charge in [-0.1, -0.05) is 228 Å². The lowest BCUT2D eigenvalue weighted by molar-refractivity contribution is -0.0597. The van der Waals surface area contributed by atoms with Gasteiger partial charge in [-0.2, -0.15) is 0 Å². The van der Waals surface area contributed by atoms with E-state index in [9.17, 15) is 5.11 Å². The van der Waals surface area contributed by atoms with Crippen LogP contribution < -0.4 is 0 Å². The molecule has 0 amide bonds. The quantitative estimate of drug-likeness (QED) is 0.113. The second-order valence-electron chi connectivity index (χ2n) is 23.3. The van der Waals surface area contributed by atoms with Crippen LogP contribution in [0, 0.1) is 35.5 Å². The van der Waals surface area contributed by atoms with Crippen molar-refractivity contribution in [1.82, 2.24) is 0 Å². The van der Waals surface area contributed by atoms with Crippen molar-refractivity contribution in [3.63, 3.8) is 0 Å². The van der Waals surface area contributed by atoms with Crippen LogP contribution in [0.1, 0.15) is 247 Å². The van der Waals surface area contributed by atoms with E-state index in [2.05, 4.69) is 155 Å². The van der Waals surface area contributed by atoms with Crippen molar-refractivity contribution in [3.05, 3.63) is 130 Å². The van der Waals surface area contributed by atoms with Crippen LogP contribution in [0.25, 0.3) is 11.1 Å². The van der Waals surface area contributed by atoms with Gasteiger partial charge in [0.1, 0.15) is 0 Å². The standard InChI is InChI=1S/C19H32O.C15H14O.C14H22.C11H17P.C9H18/c1-13(10-14-6-3-2-4-7-14)20-19-12-15-11-18(19)17-9-5-8-16(15)17;16-10-9-15-13-7-3-1-5-11(13)12-6-2-4-8-14(12)15;1-4-6-7-13-8-10-14(11-9-13)12(3)5-2;1-3-9(2)11-6-4-10(8-12)5-7-11;1-2-6-9-7-4-3-5-8-9/h13-19H,2-12H2,1H3;1-8,15-16H,9-10H2;8-12H,4-7H2,1-3H3;4-7,9H,3,8,12H2,1-2H3;9H,2-8H2,1H3. The Morgan fingerprint density at radius 1 is 0.549 bits per heavy atom. The maximum absolute atomic E-state index is 9.18. The first-order chi connectivity index (χ1) is 34.7. The van der Waals surface area contributed by atoms with Crippen LogP contribution in [0.2, 0.25) is 0 Å². The third-order valence-electron chi connectivity index (χ3n) is 18.3. The summed E-state index contributed by atoms with van der Waals surface area (Å²) in [5.74, 6) is 7.99. The maximum atomic E-state index is 9.18. The molecule has 2 nitrogen and oxygen atoms in total. The smallest absolute Gasteiger partial charge is 0.0612 e. The van der Waals surface area contributed by atoms with Gasteiger partial charge in [0.15, 0.2) is 0 Å². The van der Waals surface area contributed by atoms with Crippen LogP contribution in [0.5, 0.6) is 0 Å². The monoisotopic (exact) mass is 983 g/mol. The normalized spacial score (nSPS) is 23.5. The predicted octanol–water partition coefficient (Wildman–Crippen LogP) is 19.9. The Hall–Kier alpha value is -2.77. The number of fused-ring (bicyclic) bond motifs is 8. The van der Waals surface area contributed by atoms with Crippen LogP contribution in [-0.4, -0.2) is 23.9 Å². The van der Waals surface area contributed by atoms with Gasteiger partial charge in [-0.05, 0) is 169 Å². The fourth-order valence-electron chi connectivity index (χ4n) is 13.8. The molecule has 0 aliphatic heterocycles. The van der Waals surface area contributed by atoms with Crippen molar-refractivity contribution in [3.8, 4) is 11.1 Å². The molecule has 6 aliphatic carbocycles. The molecule has 0 aromatic heterocycles. The number of hydrogen-bond donors (Lipinski definition) is 1. The minimum atomic E-state index is 0.243. The van der Waals surface area contributed by atoms with Gasteiger partial charge in [0.05, 0.1) is 12.2 Å². The van der Waals surface area contributed by atoms with Crippen molar-refractivity contribution in [2.45, 2.75) is 239 Å². The molecule has 0 spiro atoms. The number of unbranched alkanes of at least 4 members (excludes halogenated alkanes) is 1. The largest absolute Gasteiger partial charge is 0.396 e. The van der Waals surface area contributed by atoms with E-state index in [0.29, 0.717) is 30.0 Å². The zero-order valence-corrected chi connectivity index (χ0v) is 47.6. The molecule has 10 rings (SSSR count). The highest BCUT2D eigenvalue weighted by molar-refractivity contribution is 7.15. The van der Waals surface area contributed by atoms with Crippen molar-refractivity contribution in [1.29, 1.82) is 0 Å². The SMILES string of the molecule is CC(CC1CCCCC1)OC1CC2CC1C1CCCC21.CCC(C)c1ccc(CP)cc1.CCCC1CCCCC1.CCCCc1ccc(C(C)CC)cc1.OCCC1c2ccccc2-c2ccccc21. The van der Waals surface area contributed by atoms with E-state index < -0.39 is 0 Å². The molecule has 6 aliphatic rings. The lowest BCUT2D eigenvalue weighted by atomic mass is 9.80. The number of aryl methyl sites for hydroxylation is 1. The Morgan fingerprint density at radius 3 is 1.61 bits per heavy atom. The molecule has 71 heavy (non-hydrogen) atoms. The molecule has 3 heteroatoms. The van der Waals surface area contributed by atoms with Crippen LogP contribution in [0.3, 0.4) is 0 Å². The zero-order chi connectivity index (χ0) is 50.4. The van der Waals surface area contributed by atoms with Gasteiger partial charge >= 0.3 is 0 Å². The molecule has 2 bridgehead atoms. The summed E-state index contributed by atoms with van der Waals surface area (Å²) in [6.45, 7) is 16.2. The summed E-state index contributed by atoms with van der Waals surface area (Å²) < 4.78 is 6.56. The van der Waals surface area contributed by atoms with E-state index in [1.54, 1.807) is 0 Å². The summed E-state index contributed by atoms with van der Waals surface area (Å²) in [6, 6.07) is 35.1. The molecule has 5 fully saturated rings. The summed E-state index contributed by atoms with van der Waals surface area (Å²) in [6.07, 6.45) is 35.9. The Kier molecular flexibility index (Phi) is 25.3. The molecule has 5 saturated carbocycles. The Balaban J connectivity index is 0.000000149. The Morgan fingerprint density at radius 2 is 1.08 bits per heavy atom. The fourth-order valence-corrected chi connectivity index (χ4v) is 14.1. The topological polar surface area (TPSA) is 29.5 Å². The van der Waals surface area contributed by atoms with Crippen molar-refractivity contribution >= 4 is 9.24 Å². The number of benzene rings is 4. The van der Waals surface area contributed by atoms with E-state index in [-0.39, 0.29) is 6.61 Å². The lowest BCUT2D eigenvalue weighted by Crippen LogP contribution is -2.33. The Labute approximate surface area is 439 Å². The molecule has 1 N–H and O–H groups in total. The van der Waals surface area contributed by atoms with Crippen molar-refractivity contribution < 1.29 is 9.84 Å². The second kappa shape index (κ2) is 31.2. The number of hydrogen-bond acceptors (Lipinski definition) is 2. The molecule has 4 aromatic rings. The Bertz CT molecular complexity index is 1980. The molecule has 392 valence electrons. The van der Waals surface area contributed by atoms with Gasteiger partial charge in [-0.15, -0.1) is 9.24 Å². The van der Waals surface area contributed by atoms with Crippen LogP contribution in [0.4, 0.5) is 0 Å². The zero-order valence-electron chi connectivity index (χ0n) is 46.4. The number of ether oxygens (including phenoxy) is 1. The highest BCUT2D eigenvalue weighted by Gasteiger charge is 2.54. The third-order valence-corrected chi connectivity index (χ3v) is 18.8. The van der Waals surface area contributed by atoms with Crippen LogP contribution in [0.15, 0.2) is 97.1 Å². The van der Waals surface area contributed by atoms with E-state index in [1.165, 1.54) is 192 Å². The van der Waals surface area contributed by atoms with E-state index in [1.807, 2.05) is 0 Å². The summed E-state index contributed by atoms with van der Waals surface area (Å²) in [5, 5.41) is 9.18. The molecule has 4 aromatic carbocycles. The first-order valence-electron chi connectivity index (χ1n) is 30.0. The fraction of sp³-hybridized carbons (Fsp3) is 0.647. The minimum Gasteiger partial charge on any atom is -0.396 e. The second-order valence-corrected chi connectivity index (χ2v) is 23.7. The summed E-state index contributed by atoms with van der Waals surface area (Å²) >= 11 is 0. The highest BCUT2D eigenvalue weighted by atomic mass is 31.0. The molecule has 0 saturated heterocycles. The highest BCUT2D eigenvalue weighted by Crippen LogP contribution is 2.59. The molecular formula is C68H103O2P. The first-order valence-corrected chi connectivity index (χ1v) is 30.8. The molecule has 0 radical (unpaired) electrons. The average molecular weight is 984 g/mol. The number of rotatable bonds is 16. The number of aliphatic hydroxyl groups is 1. The predicted molar refractivity (Wildman–Crippen MR) is 312 cm³/mol. The van der Waals surface area contributed by atoms with E-state index in [4.69, 9.17) is 4.74 Å². The van der Waals surface area contributed by atoms with Gasteiger partial charge in [-0.3, -0.25) is 0 Å².